The molecule has 0 aliphatic carbocycles. The molecule has 9 heteroatoms. The number of nitrogens with zero attached hydrogens (tertiary/aromatic N) is 2. The summed E-state index contributed by atoms with van der Waals surface area (Å²) in [5, 5.41) is 8.92. The van der Waals surface area contributed by atoms with Crippen LogP contribution in [0.25, 0.3) is 0 Å². The van der Waals surface area contributed by atoms with Crippen LogP contribution in [-0.4, -0.2) is 16.5 Å². The summed E-state index contributed by atoms with van der Waals surface area (Å²) in [4.78, 5) is 0. The minimum absolute atomic E-state index is 0.245. The second-order valence-corrected chi connectivity index (χ2v) is 7.53. The Hall–Kier alpha value is -2.26. The fourth-order valence-electron chi connectivity index (χ4n) is 2.16. The number of alkyl halides is 3. The molecule has 0 N–H and O–H groups in total. The maximum Gasteiger partial charge on any atom is 0.416 e. The average molecular weight is 412 g/mol. The van der Waals surface area contributed by atoms with Crippen molar-refractivity contribution in [1.82, 2.24) is 10.2 Å². The Morgan fingerprint density at radius 2 is 1.48 bits per heavy atom. The van der Waals surface area contributed by atoms with E-state index >= 15 is 0 Å². The van der Waals surface area contributed by atoms with Gasteiger partial charge in [-0.25, -0.2) is 0 Å². The van der Waals surface area contributed by atoms with Crippen LogP contribution in [0.3, 0.4) is 0 Å². The van der Waals surface area contributed by atoms with Gasteiger partial charge in [-0.2, -0.15) is 13.2 Å². The summed E-state index contributed by atoms with van der Waals surface area (Å²) in [6, 6.07) is 11.4. The first-order chi connectivity index (χ1) is 12.8. The number of hydrogen-bond donors (Lipinski definition) is 0. The van der Waals surface area contributed by atoms with Crippen molar-refractivity contribution in [3.8, 4) is 17.2 Å². The zero-order valence-electron chi connectivity index (χ0n) is 14.4. The highest BCUT2D eigenvalue weighted by molar-refractivity contribution is 8.00. The van der Waals surface area contributed by atoms with Crippen molar-refractivity contribution < 1.29 is 22.6 Å². The summed E-state index contributed by atoms with van der Waals surface area (Å²) in [7, 11) is 0. The molecule has 0 bridgehead atoms. The second kappa shape index (κ2) is 8.18. The van der Waals surface area contributed by atoms with Crippen LogP contribution in [0.5, 0.6) is 17.2 Å². The van der Waals surface area contributed by atoms with E-state index in [0.29, 0.717) is 17.2 Å². The maximum absolute atomic E-state index is 12.6. The van der Waals surface area contributed by atoms with Gasteiger partial charge < -0.3 is 9.47 Å². The van der Waals surface area contributed by atoms with Crippen LogP contribution < -0.4 is 9.47 Å². The number of benzene rings is 2. The van der Waals surface area contributed by atoms with E-state index in [1.807, 2.05) is 13.2 Å². The van der Waals surface area contributed by atoms with Gasteiger partial charge in [0.05, 0.1) is 5.56 Å². The molecule has 0 aliphatic rings. The fraction of sp³-hybridized carbons (Fsp3) is 0.222. The summed E-state index contributed by atoms with van der Waals surface area (Å²) >= 11 is 3.01. The molecule has 1 unspecified atom stereocenters. The largest absolute Gasteiger partial charge is 0.483 e. The van der Waals surface area contributed by atoms with Gasteiger partial charge in [0, 0.05) is 0 Å². The standard InChI is InChI=1S/C18H15F3N2O2S2/c1-11(16-22-23-17(26-2)27-16)24-13-7-9-15(10-8-13)25-14-5-3-12(4-6-14)18(19,20)21/h3-11H,1-2H3. The highest BCUT2D eigenvalue weighted by Crippen LogP contribution is 2.32. The molecular weight excluding hydrogens is 397 g/mol. The number of halogens is 3. The molecule has 27 heavy (non-hydrogen) atoms. The van der Waals surface area contributed by atoms with Gasteiger partial charge in [-0.05, 0) is 61.7 Å². The molecule has 142 valence electrons. The Bertz CT molecular complexity index is 881. The van der Waals surface area contributed by atoms with Gasteiger partial charge in [-0.3, -0.25) is 0 Å². The van der Waals surface area contributed by atoms with E-state index in [2.05, 4.69) is 10.2 Å². The van der Waals surface area contributed by atoms with E-state index in [0.717, 1.165) is 21.5 Å². The first kappa shape index (κ1) is 19.5. The van der Waals surface area contributed by atoms with Crippen LogP contribution in [0.15, 0.2) is 52.9 Å². The molecule has 0 saturated heterocycles. The quantitative estimate of drug-likeness (QED) is 0.450. The number of ether oxygens (including phenoxy) is 2. The van der Waals surface area contributed by atoms with Crippen LogP contribution in [0, 0.1) is 0 Å². The Morgan fingerprint density at radius 1 is 0.926 bits per heavy atom. The van der Waals surface area contributed by atoms with E-state index in [1.165, 1.54) is 35.2 Å². The number of thioether (sulfide) groups is 1. The SMILES string of the molecule is CSc1nnc(C(C)Oc2ccc(Oc3ccc(C(F)(F)F)cc3)cc2)s1. The van der Waals surface area contributed by atoms with Crippen molar-refractivity contribution in [2.24, 2.45) is 0 Å². The lowest BCUT2D eigenvalue weighted by Crippen LogP contribution is -2.04. The van der Waals surface area contributed by atoms with Crippen molar-refractivity contribution in [3.05, 3.63) is 59.1 Å². The normalized spacial score (nSPS) is 12.6. The van der Waals surface area contributed by atoms with Gasteiger partial charge in [-0.15, -0.1) is 10.2 Å². The molecule has 1 atom stereocenters. The van der Waals surface area contributed by atoms with Gasteiger partial charge in [-0.1, -0.05) is 23.1 Å². The molecule has 3 rings (SSSR count). The smallest absolute Gasteiger partial charge is 0.416 e. The van der Waals surface area contributed by atoms with Crippen LogP contribution in [-0.2, 0) is 6.18 Å². The van der Waals surface area contributed by atoms with Gasteiger partial charge in [0.25, 0.3) is 0 Å². The van der Waals surface area contributed by atoms with Crippen molar-refractivity contribution in [2.75, 3.05) is 6.26 Å². The fourth-order valence-corrected chi connectivity index (χ4v) is 3.42. The Kier molecular flexibility index (Phi) is 5.91. The summed E-state index contributed by atoms with van der Waals surface area (Å²) in [6.07, 6.45) is -2.67. The van der Waals surface area contributed by atoms with Crippen LogP contribution >= 0.6 is 23.1 Å². The highest BCUT2D eigenvalue weighted by Gasteiger charge is 2.30. The molecule has 0 saturated carbocycles. The Labute approximate surface area is 162 Å². The lowest BCUT2D eigenvalue weighted by atomic mass is 10.2. The molecule has 0 aliphatic heterocycles. The molecule has 1 heterocycles. The molecule has 2 aromatic carbocycles. The van der Waals surface area contributed by atoms with E-state index in [-0.39, 0.29) is 6.10 Å². The third-order valence-electron chi connectivity index (χ3n) is 3.50. The third-order valence-corrected chi connectivity index (χ3v) is 5.56. The highest BCUT2D eigenvalue weighted by atomic mass is 32.2. The van der Waals surface area contributed by atoms with Crippen LogP contribution in [0.1, 0.15) is 23.6 Å². The predicted octanol–water partition coefficient (Wildman–Crippen LogP) is 6.21. The molecule has 0 fully saturated rings. The maximum atomic E-state index is 12.6. The van der Waals surface area contributed by atoms with Crippen LogP contribution in [0.4, 0.5) is 13.2 Å². The summed E-state index contributed by atoms with van der Waals surface area (Å²) < 4.78 is 50.0. The number of aromatic nitrogens is 2. The monoisotopic (exact) mass is 412 g/mol. The summed E-state index contributed by atoms with van der Waals surface area (Å²) in [6.45, 7) is 1.89. The topological polar surface area (TPSA) is 44.2 Å². The molecule has 1 aromatic heterocycles. The van der Waals surface area contributed by atoms with Crippen molar-refractivity contribution in [3.63, 3.8) is 0 Å². The van der Waals surface area contributed by atoms with Crippen molar-refractivity contribution >= 4 is 23.1 Å². The van der Waals surface area contributed by atoms with Gasteiger partial charge >= 0.3 is 6.18 Å². The second-order valence-electron chi connectivity index (χ2n) is 5.47. The molecule has 0 radical (unpaired) electrons. The van der Waals surface area contributed by atoms with E-state index < -0.39 is 11.7 Å². The van der Waals surface area contributed by atoms with E-state index in [4.69, 9.17) is 9.47 Å². The lowest BCUT2D eigenvalue weighted by molar-refractivity contribution is -0.137. The Balaban J connectivity index is 1.61. The summed E-state index contributed by atoms with van der Waals surface area (Å²) in [5.41, 5.74) is -0.714. The first-order valence-corrected chi connectivity index (χ1v) is 9.88. The van der Waals surface area contributed by atoms with Gasteiger partial charge in [0.1, 0.15) is 23.4 Å². The number of rotatable bonds is 6. The summed E-state index contributed by atoms with van der Waals surface area (Å²) in [5.74, 6) is 1.45. The van der Waals surface area contributed by atoms with Crippen LogP contribution in [0.2, 0.25) is 0 Å². The van der Waals surface area contributed by atoms with Gasteiger partial charge in [0.15, 0.2) is 9.35 Å². The Morgan fingerprint density at radius 3 is 2.00 bits per heavy atom. The predicted molar refractivity (Wildman–Crippen MR) is 98.7 cm³/mol. The molecule has 0 amide bonds. The number of hydrogen-bond acceptors (Lipinski definition) is 6. The molecule has 0 spiro atoms. The zero-order chi connectivity index (χ0) is 19.4. The molecule has 4 nitrogen and oxygen atoms in total. The first-order valence-electron chi connectivity index (χ1n) is 7.84. The minimum Gasteiger partial charge on any atom is -0.483 e. The van der Waals surface area contributed by atoms with E-state index in [1.54, 1.807) is 24.3 Å². The zero-order valence-corrected chi connectivity index (χ0v) is 16.0. The lowest BCUT2D eigenvalue weighted by Gasteiger charge is -2.12. The average Bonchev–Trinajstić information content (AvgIpc) is 3.12. The molecule has 3 aromatic rings. The van der Waals surface area contributed by atoms with Crippen molar-refractivity contribution in [2.45, 2.75) is 23.5 Å². The van der Waals surface area contributed by atoms with Crippen molar-refractivity contribution in [1.29, 1.82) is 0 Å². The van der Waals surface area contributed by atoms with Gasteiger partial charge in [0.2, 0.25) is 0 Å². The minimum atomic E-state index is -4.36. The molecular formula is C18H15F3N2O2S2. The third kappa shape index (κ3) is 5.14. The van der Waals surface area contributed by atoms with E-state index in [9.17, 15) is 13.2 Å².